The predicted molar refractivity (Wildman–Crippen MR) is 66.3 cm³/mol. The van der Waals surface area contributed by atoms with Gasteiger partial charge in [-0.05, 0) is 0 Å². The number of aromatic nitrogens is 3. The molecule has 9 heteroatoms. The van der Waals surface area contributed by atoms with Gasteiger partial charge in [0.2, 0.25) is 0 Å². The summed E-state index contributed by atoms with van der Waals surface area (Å²) in [6, 6.07) is 1.14. The second kappa shape index (κ2) is 4.97. The lowest BCUT2D eigenvalue weighted by atomic mass is 10.6. The Bertz CT molecular complexity index is 580. The van der Waals surface area contributed by atoms with Gasteiger partial charge in [-0.25, -0.2) is 9.97 Å². The Balaban J connectivity index is 2.05. The maximum absolute atomic E-state index is 11.5. The van der Waals surface area contributed by atoms with E-state index in [-0.39, 0.29) is 11.0 Å². The summed E-state index contributed by atoms with van der Waals surface area (Å²) in [4.78, 5) is 32.7. The lowest BCUT2D eigenvalue weighted by molar-refractivity contribution is 0.269. The number of hydrogen-bond donors (Lipinski definition) is 3. The number of amides is 1. The van der Waals surface area contributed by atoms with Gasteiger partial charge in [0.15, 0.2) is 10.3 Å². The highest BCUT2D eigenvalue weighted by Crippen LogP contribution is 2.18. The molecule has 0 unspecified atom stereocenters. The molecule has 88 valence electrons. The first-order valence-electron chi connectivity index (χ1n) is 4.38. The zero-order chi connectivity index (χ0) is 12.3. The Morgan fingerprint density at radius 3 is 3.06 bits per heavy atom. The van der Waals surface area contributed by atoms with E-state index in [4.69, 9.17) is 5.73 Å². The normalized spacial score (nSPS) is 10.1. The number of rotatable bonds is 2. The average molecular weight is 269 g/mol. The van der Waals surface area contributed by atoms with Crippen molar-refractivity contribution in [2.45, 2.75) is 5.16 Å². The van der Waals surface area contributed by atoms with Gasteiger partial charge in [-0.15, -0.1) is 11.3 Å². The number of nitrogen functional groups attached to an aromatic ring is 1. The zero-order valence-electron chi connectivity index (χ0n) is 8.34. The van der Waals surface area contributed by atoms with E-state index in [0.717, 1.165) is 17.8 Å². The van der Waals surface area contributed by atoms with Gasteiger partial charge in [-0.2, -0.15) is 0 Å². The number of nitrogens with one attached hydrogen (secondary N) is 2. The van der Waals surface area contributed by atoms with Crippen LogP contribution < -0.4 is 16.6 Å². The summed E-state index contributed by atoms with van der Waals surface area (Å²) in [6.45, 7) is 0. The number of anilines is 2. The van der Waals surface area contributed by atoms with Crippen molar-refractivity contribution in [1.29, 1.82) is 0 Å². The Morgan fingerprint density at radius 2 is 2.41 bits per heavy atom. The molecule has 2 heterocycles. The first-order valence-corrected chi connectivity index (χ1v) is 6.08. The monoisotopic (exact) mass is 269 g/mol. The van der Waals surface area contributed by atoms with Crippen LogP contribution in [0.15, 0.2) is 27.6 Å². The van der Waals surface area contributed by atoms with E-state index >= 15 is 0 Å². The van der Waals surface area contributed by atoms with Crippen LogP contribution >= 0.6 is 23.1 Å². The number of H-pyrrole nitrogens is 1. The summed E-state index contributed by atoms with van der Waals surface area (Å²) in [7, 11) is 0. The lowest BCUT2D eigenvalue weighted by Crippen LogP contribution is -2.12. The van der Waals surface area contributed by atoms with E-state index < -0.39 is 10.8 Å². The van der Waals surface area contributed by atoms with Crippen LogP contribution in [0.2, 0.25) is 0 Å². The van der Waals surface area contributed by atoms with Gasteiger partial charge < -0.3 is 10.7 Å². The molecule has 17 heavy (non-hydrogen) atoms. The van der Waals surface area contributed by atoms with E-state index in [1.165, 1.54) is 11.3 Å². The molecule has 0 spiro atoms. The molecule has 2 aromatic heterocycles. The molecule has 7 nitrogen and oxygen atoms in total. The summed E-state index contributed by atoms with van der Waals surface area (Å²) in [6.07, 6.45) is 1.57. The summed E-state index contributed by atoms with van der Waals surface area (Å²) in [5, 5.41) is 4.50. The minimum absolute atomic E-state index is 0.0679. The van der Waals surface area contributed by atoms with Crippen molar-refractivity contribution >= 4 is 39.3 Å². The van der Waals surface area contributed by atoms with Crippen molar-refractivity contribution in [1.82, 2.24) is 15.0 Å². The molecular formula is C8H7N5O2S2. The van der Waals surface area contributed by atoms with Gasteiger partial charge in [0, 0.05) is 29.4 Å². The van der Waals surface area contributed by atoms with Crippen LogP contribution in [-0.2, 0) is 0 Å². The first-order chi connectivity index (χ1) is 8.13. The number of nitrogens with zero attached hydrogens (tertiary/aromatic N) is 2. The minimum atomic E-state index is -0.401. The maximum Gasteiger partial charge on any atom is 0.292 e. The molecule has 4 N–H and O–H groups in total. The zero-order valence-corrected chi connectivity index (χ0v) is 9.97. The first kappa shape index (κ1) is 11.6. The van der Waals surface area contributed by atoms with Crippen LogP contribution in [0.1, 0.15) is 0 Å². The summed E-state index contributed by atoms with van der Waals surface area (Å²) < 4.78 is 0. The van der Waals surface area contributed by atoms with Crippen LogP contribution in [0.3, 0.4) is 0 Å². The van der Waals surface area contributed by atoms with Crippen LogP contribution in [-0.4, -0.2) is 20.2 Å². The number of carbonyl (C=O) groups is 1. The molecule has 2 aromatic rings. The highest BCUT2D eigenvalue weighted by atomic mass is 32.2. The molecule has 0 saturated carbocycles. The van der Waals surface area contributed by atoms with Crippen molar-refractivity contribution in [3.63, 3.8) is 0 Å². The fourth-order valence-corrected chi connectivity index (χ4v) is 2.20. The van der Waals surface area contributed by atoms with Crippen molar-refractivity contribution in [2.75, 3.05) is 11.1 Å². The quantitative estimate of drug-likeness (QED) is 0.556. The van der Waals surface area contributed by atoms with E-state index in [2.05, 4.69) is 20.3 Å². The molecule has 0 aliphatic rings. The van der Waals surface area contributed by atoms with Crippen LogP contribution in [0.4, 0.5) is 15.7 Å². The van der Waals surface area contributed by atoms with Crippen LogP contribution in [0.25, 0.3) is 0 Å². The largest absolute Gasteiger partial charge is 0.383 e. The maximum atomic E-state index is 11.5. The van der Waals surface area contributed by atoms with Gasteiger partial charge in [0.25, 0.3) is 10.8 Å². The Kier molecular flexibility index (Phi) is 3.40. The van der Waals surface area contributed by atoms with Crippen LogP contribution in [0, 0.1) is 0 Å². The molecule has 0 bridgehead atoms. The molecule has 0 radical (unpaired) electrons. The molecule has 0 aliphatic heterocycles. The smallest absolute Gasteiger partial charge is 0.292 e. The second-order valence-electron chi connectivity index (χ2n) is 2.83. The molecule has 0 aromatic carbocycles. The Hall–Kier alpha value is -1.87. The van der Waals surface area contributed by atoms with Gasteiger partial charge in [0.05, 0.1) is 0 Å². The van der Waals surface area contributed by atoms with Crippen LogP contribution in [0.5, 0.6) is 0 Å². The third-order valence-corrected chi connectivity index (χ3v) is 2.93. The SMILES string of the molecule is Nc1cc(=O)[nH]c(SC(=O)Nc2nccs2)n1. The van der Waals surface area contributed by atoms with Crippen molar-refractivity contribution < 1.29 is 4.79 Å². The van der Waals surface area contributed by atoms with E-state index in [1.807, 2.05) is 0 Å². The standard InChI is InChI=1S/C8H7N5O2S2/c9-4-3-5(14)12-7(11-4)17-8(15)13-6-10-1-2-16-6/h1-3H,(H,10,13,15)(H3,9,11,12,14). The molecule has 0 aliphatic carbocycles. The van der Waals surface area contributed by atoms with Gasteiger partial charge in [-0.3, -0.25) is 14.9 Å². The summed E-state index contributed by atoms with van der Waals surface area (Å²) >= 11 is 2.03. The topological polar surface area (TPSA) is 114 Å². The number of thioether (sulfide) groups is 1. The van der Waals surface area contributed by atoms with Crippen molar-refractivity contribution in [3.05, 3.63) is 28.0 Å². The number of carbonyl (C=O) groups excluding carboxylic acids is 1. The number of thiazole rings is 1. The van der Waals surface area contributed by atoms with Crippen molar-refractivity contribution in [3.8, 4) is 0 Å². The minimum Gasteiger partial charge on any atom is -0.383 e. The highest BCUT2D eigenvalue weighted by Gasteiger charge is 2.09. The summed E-state index contributed by atoms with van der Waals surface area (Å²) in [5.41, 5.74) is 4.98. The third-order valence-electron chi connectivity index (χ3n) is 1.57. The van der Waals surface area contributed by atoms with Crippen molar-refractivity contribution in [2.24, 2.45) is 0 Å². The average Bonchev–Trinajstić information content (AvgIpc) is 2.67. The summed E-state index contributed by atoms with van der Waals surface area (Å²) in [5.74, 6) is 0.0679. The lowest BCUT2D eigenvalue weighted by Gasteiger charge is -2.00. The fourth-order valence-electron chi connectivity index (χ4n) is 0.987. The molecule has 0 atom stereocenters. The van der Waals surface area contributed by atoms with Gasteiger partial charge in [-0.1, -0.05) is 0 Å². The Morgan fingerprint density at radius 1 is 1.59 bits per heavy atom. The second-order valence-corrected chi connectivity index (χ2v) is 4.68. The molecule has 0 fully saturated rings. The molecular weight excluding hydrogens is 262 g/mol. The number of aromatic amines is 1. The molecule has 1 amide bonds. The number of nitrogens with two attached hydrogens (primary N) is 1. The Labute approximate surface area is 103 Å². The fraction of sp³-hybridized carbons (Fsp3) is 0. The predicted octanol–water partition coefficient (Wildman–Crippen LogP) is 1.13. The third kappa shape index (κ3) is 3.29. The van der Waals surface area contributed by atoms with E-state index in [1.54, 1.807) is 11.6 Å². The van der Waals surface area contributed by atoms with Gasteiger partial charge in [0.1, 0.15) is 5.82 Å². The van der Waals surface area contributed by atoms with E-state index in [9.17, 15) is 9.59 Å². The van der Waals surface area contributed by atoms with Gasteiger partial charge >= 0.3 is 0 Å². The number of hydrogen-bond acceptors (Lipinski definition) is 7. The highest BCUT2D eigenvalue weighted by molar-refractivity contribution is 8.13. The molecule has 0 saturated heterocycles. The van der Waals surface area contributed by atoms with E-state index in [0.29, 0.717) is 5.13 Å². The molecule has 2 rings (SSSR count).